The van der Waals surface area contributed by atoms with E-state index in [1.165, 1.54) is 19.2 Å². The summed E-state index contributed by atoms with van der Waals surface area (Å²) in [5.41, 5.74) is 0.382. The van der Waals surface area contributed by atoms with Crippen LogP contribution in [0.3, 0.4) is 0 Å². The highest BCUT2D eigenvalue weighted by Gasteiger charge is 2.18. The lowest BCUT2D eigenvalue weighted by Gasteiger charge is -2.26. The van der Waals surface area contributed by atoms with E-state index in [4.69, 9.17) is 9.47 Å². The van der Waals surface area contributed by atoms with Crippen LogP contribution in [0.5, 0.6) is 5.75 Å². The molecule has 1 saturated heterocycles. The Bertz CT molecular complexity index is 486. The average molecular weight is 295 g/mol. The van der Waals surface area contributed by atoms with Gasteiger partial charge in [0.25, 0.3) is 0 Å². The summed E-state index contributed by atoms with van der Waals surface area (Å²) in [6.45, 7) is 2.77. The summed E-state index contributed by atoms with van der Waals surface area (Å²) in [5.74, 6) is 0.146. The molecule has 0 saturated carbocycles. The zero-order valence-corrected chi connectivity index (χ0v) is 12.6. The van der Waals surface area contributed by atoms with Crippen molar-refractivity contribution in [3.63, 3.8) is 0 Å². The first-order valence-corrected chi connectivity index (χ1v) is 7.23. The van der Waals surface area contributed by atoms with Crippen LogP contribution in [-0.2, 0) is 4.74 Å². The van der Waals surface area contributed by atoms with Gasteiger partial charge in [0.15, 0.2) is 17.3 Å². The Kier molecular flexibility index (Phi) is 5.70. The predicted molar refractivity (Wildman–Crippen MR) is 78.3 cm³/mol. The molecule has 4 nitrogen and oxygen atoms in total. The molecule has 1 aromatic carbocycles. The van der Waals surface area contributed by atoms with Crippen LogP contribution < -0.4 is 4.74 Å². The Hall–Kier alpha value is -1.46. The highest BCUT2D eigenvalue weighted by molar-refractivity contribution is 5.97. The monoisotopic (exact) mass is 295 g/mol. The van der Waals surface area contributed by atoms with Crippen molar-refractivity contribution in [2.24, 2.45) is 5.92 Å². The van der Waals surface area contributed by atoms with Gasteiger partial charge < -0.3 is 9.47 Å². The average Bonchev–Trinajstić information content (AvgIpc) is 2.48. The first-order chi connectivity index (χ1) is 10.1. The van der Waals surface area contributed by atoms with Gasteiger partial charge >= 0.3 is 0 Å². The van der Waals surface area contributed by atoms with Gasteiger partial charge in [-0.1, -0.05) is 0 Å². The molecule has 1 heterocycles. The van der Waals surface area contributed by atoms with E-state index in [9.17, 15) is 9.18 Å². The van der Waals surface area contributed by atoms with Gasteiger partial charge in [0.1, 0.15) is 0 Å². The number of hydrogen-bond donors (Lipinski definition) is 0. The Morgan fingerprint density at radius 2 is 2.14 bits per heavy atom. The second-order valence-electron chi connectivity index (χ2n) is 5.53. The van der Waals surface area contributed by atoms with Crippen molar-refractivity contribution in [1.82, 2.24) is 4.90 Å². The zero-order valence-electron chi connectivity index (χ0n) is 12.6. The van der Waals surface area contributed by atoms with Crippen LogP contribution in [0.2, 0.25) is 0 Å². The van der Waals surface area contributed by atoms with Gasteiger partial charge in [0.2, 0.25) is 0 Å². The summed E-state index contributed by atoms with van der Waals surface area (Å²) in [5, 5.41) is 0. The summed E-state index contributed by atoms with van der Waals surface area (Å²) < 4.78 is 23.8. The van der Waals surface area contributed by atoms with Crippen LogP contribution >= 0.6 is 0 Å². The molecule has 0 aliphatic carbocycles. The molecule has 5 heteroatoms. The SMILES string of the molecule is COc1ccc(C(=O)CN(C)CC2CCOCC2)cc1F. The van der Waals surface area contributed by atoms with E-state index < -0.39 is 5.82 Å². The van der Waals surface area contributed by atoms with Gasteiger partial charge in [-0.3, -0.25) is 9.69 Å². The third kappa shape index (κ3) is 4.51. The minimum absolute atomic E-state index is 0.0777. The summed E-state index contributed by atoms with van der Waals surface area (Å²) in [7, 11) is 3.33. The van der Waals surface area contributed by atoms with Gasteiger partial charge in [0, 0.05) is 25.3 Å². The molecule has 0 bridgehead atoms. The smallest absolute Gasteiger partial charge is 0.176 e. The number of likely N-dealkylation sites (N-methyl/N-ethyl adjacent to an activating group) is 1. The highest BCUT2D eigenvalue weighted by Crippen LogP contribution is 2.19. The number of Topliss-reactive ketones (excluding diaryl/α,β-unsaturated/α-hetero) is 1. The van der Waals surface area contributed by atoms with Crippen molar-refractivity contribution < 1.29 is 18.7 Å². The molecule has 0 aromatic heterocycles. The number of ketones is 1. The number of carbonyl (C=O) groups excluding carboxylic acids is 1. The van der Waals surface area contributed by atoms with Crippen molar-refractivity contribution in [2.45, 2.75) is 12.8 Å². The van der Waals surface area contributed by atoms with Crippen molar-refractivity contribution in [2.75, 3.05) is 40.5 Å². The van der Waals surface area contributed by atoms with Crippen LogP contribution in [0.25, 0.3) is 0 Å². The number of methoxy groups -OCH3 is 1. The number of benzene rings is 1. The standard InChI is InChI=1S/C16H22FNO3/c1-18(10-12-5-7-21-8-6-12)11-15(19)13-3-4-16(20-2)14(17)9-13/h3-4,9,12H,5-8,10-11H2,1-2H3. The maximum absolute atomic E-state index is 13.6. The van der Waals surface area contributed by atoms with Crippen LogP contribution in [0, 0.1) is 11.7 Å². The second kappa shape index (κ2) is 7.52. The maximum atomic E-state index is 13.6. The number of rotatable bonds is 6. The Morgan fingerprint density at radius 1 is 1.43 bits per heavy atom. The first kappa shape index (κ1) is 15.9. The molecule has 1 fully saturated rings. The normalized spacial score (nSPS) is 16.2. The van der Waals surface area contributed by atoms with E-state index in [1.54, 1.807) is 6.07 Å². The Balaban J connectivity index is 1.89. The fourth-order valence-corrected chi connectivity index (χ4v) is 2.61. The molecule has 1 aliphatic rings. The summed E-state index contributed by atoms with van der Waals surface area (Å²) >= 11 is 0. The number of nitrogens with zero attached hydrogens (tertiary/aromatic N) is 1. The molecule has 116 valence electrons. The Morgan fingerprint density at radius 3 is 2.76 bits per heavy atom. The topological polar surface area (TPSA) is 38.8 Å². The maximum Gasteiger partial charge on any atom is 0.176 e. The molecular formula is C16H22FNO3. The third-order valence-corrected chi connectivity index (χ3v) is 3.80. The van der Waals surface area contributed by atoms with E-state index in [0.717, 1.165) is 32.6 Å². The van der Waals surface area contributed by atoms with Gasteiger partial charge in [0.05, 0.1) is 13.7 Å². The van der Waals surface area contributed by atoms with E-state index >= 15 is 0 Å². The number of carbonyl (C=O) groups is 1. The zero-order chi connectivity index (χ0) is 15.2. The summed E-state index contributed by atoms with van der Waals surface area (Å²) in [6, 6.07) is 4.33. The van der Waals surface area contributed by atoms with Gasteiger partial charge in [-0.2, -0.15) is 0 Å². The van der Waals surface area contributed by atoms with E-state index in [1.807, 2.05) is 11.9 Å². The minimum atomic E-state index is -0.504. The van der Waals surface area contributed by atoms with Crippen LogP contribution in [0.15, 0.2) is 18.2 Å². The molecule has 1 aromatic rings. The molecule has 0 amide bonds. The number of ether oxygens (including phenoxy) is 2. The fraction of sp³-hybridized carbons (Fsp3) is 0.562. The molecule has 0 unspecified atom stereocenters. The molecule has 0 spiro atoms. The first-order valence-electron chi connectivity index (χ1n) is 7.23. The Labute approximate surface area is 124 Å². The molecule has 1 aliphatic heterocycles. The van der Waals surface area contributed by atoms with Crippen molar-refractivity contribution >= 4 is 5.78 Å². The van der Waals surface area contributed by atoms with Crippen molar-refractivity contribution in [3.05, 3.63) is 29.6 Å². The minimum Gasteiger partial charge on any atom is -0.494 e. The molecule has 0 atom stereocenters. The van der Waals surface area contributed by atoms with E-state index in [2.05, 4.69) is 0 Å². The summed E-state index contributed by atoms with van der Waals surface area (Å²) in [4.78, 5) is 14.2. The van der Waals surface area contributed by atoms with E-state index in [0.29, 0.717) is 18.0 Å². The molecule has 0 radical (unpaired) electrons. The van der Waals surface area contributed by atoms with Crippen molar-refractivity contribution in [3.8, 4) is 5.75 Å². The largest absolute Gasteiger partial charge is 0.494 e. The lowest BCUT2D eigenvalue weighted by atomic mass is 9.99. The quantitative estimate of drug-likeness (QED) is 0.755. The van der Waals surface area contributed by atoms with Gasteiger partial charge in [-0.05, 0) is 44.0 Å². The lowest BCUT2D eigenvalue weighted by Crippen LogP contribution is -2.33. The van der Waals surface area contributed by atoms with E-state index in [-0.39, 0.29) is 11.5 Å². The van der Waals surface area contributed by atoms with Gasteiger partial charge in [-0.15, -0.1) is 0 Å². The molecular weight excluding hydrogens is 273 g/mol. The van der Waals surface area contributed by atoms with Crippen LogP contribution in [0.1, 0.15) is 23.2 Å². The number of halogens is 1. The number of hydrogen-bond acceptors (Lipinski definition) is 4. The van der Waals surface area contributed by atoms with Crippen molar-refractivity contribution in [1.29, 1.82) is 0 Å². The molecule has 21 heavy (non-hydrogen) atoms. The van der Waals surface area contributed by atoms with Crippen LogP contribution in [-0.4, -0.2) is 51.1 Å². The molecule has 0 N–H and O–H groups in total. The summed E-state index contributed by atoms with van der Waals surface area (Å²) in [6.07, 6.45) is 2.07. The highest BCUT2D eigenvalue weighted by atomic mass is 19.1. The predicted octanol–water partition coefficient (Wildman–Crippen LogP) is 2.38. The third-order valence-electron chi connectivity index (χ3n) is 3.80. The lowest BCUT2D eigenvalue weighted by molar-refractivity contribution is 0.0549. The van der Waals surface area contributed by atoms with Gasteiger partial charge in [-0.25, -0.2) is 4.39 Å². The molecule has 2 rings (SSSR count). The van der Waals surface area contributed by atoms with Crippen LogP contribution in [0.4, 0.5) is 4.39 Å². The second-order valence-corrected chi connectivity index (χ2v) is 5.53. The fourth-order valence-electron chi connectivity index (χ4n) is 2.61.